The molecular weight excluding hydrogens is 270 g/mol. The molecule has 18 heavy (non-hydrogen) atoms. The summed E-state index contributed by atoms with van der Waals surface area (Å²) in [5.41, 5.74) is 0. The first kappa shape index (κ1) is 13.6. The number of hydrogen-bond donors (Lipinski definition) is 1. The van der Waals surface area contributed by atoms with Crippen molar-refractivity contribution in [3.05, 3.63) is 23.4 Å². The van der Waals surface area contributed by atoms with E-state index in [4.69, 9.17) is 11.6 Å². The van der Waals surface area contributed by atoms with Crippen LogP contribution in [-0.2, 0) is 4.79 Å². The number of nitrogens with one attached hydrogen (secondary N) is 1. The van der Waals surface area contributed by atoms with Crippen LogP contribution in [0.2, 0.25) is 5.02 Å². The van der Waals surface area contributed by atoms with Crippen molar-refractivity contribution in [2.45, 2.75) is 11.4 Å². The molecule has 1 N–H and O–H groups in total. The number of hydrogen-bond acceptors (Lipinski definition) is 4. The Bertz CT molecular complexity index is 408. The van der Waals surface area contributed by atoms with E-state index in [2.05, 4.69) is 10.3 Å². The quantitative estimate of drug-likeness (QED) is 0.858. The number of carbonyl (C=O) groups excluding carboxylic acids is 1. The van der Waals surface area contributed by atoms with E-state index in [1.807, 2.05) is 4.90 Å². The van der Waals surface area contributed by atoms with Gasteiger partial charge in [-0.15, -0.1) is 0 Å². The SMILES string of the molecule is O=C(CSc1ncccc1Cl)N1CCCNCC1. The highest BCUT2D eigenvalue weighted by Gasteiger charge is 2.16. The van der Waals surface area contributed by atoms with Crippen molar-refractivity contribution in [1.82, 2.24) is 15.2 Å². The first-order chi connectivity index (χ1) is 8.77. The molecule has 1 amide bonds. The molecule has 4 nitrogen and oxygen atoms in total. The summed E-state index contributed by atoms with van der Waals surface area (Å²) in [6.07, 6.45) is 2.70. The van der Waals surface area contributed by atoms with Crippen LogP contribution in [0.15, 0.2) is 23.4 Å². The number of halogens is 1. The second kappa shape index (κ2) is 6.97. The predicted molar refractivity (Wildman–Crippen MR) is 74.0 cm³/mol. The van der Waals surface area contributed by atoms with E-state index in [0.29, 0.717) is 10.8 Å². The van der Waals surface area contributed by atoms with Gasteiger partial charge in [0.25, 0.3) is 0 Å². The molecule has 1 aromatic heterocycles. The fraction of sp³-hybridized carbons (Fsp3) is 0.500. The molecule has 0 aliphatic carbocycles. The first-order valence-electron chi connectivity index (χ1n) is 5.99. The van der Waals surface area contributed by atoms with Crippen LogP contribution in [0.3, 0.4) is 0 Å². The first-order valence-corrected chi connectivity index (χ1v) is 7.35. The van der Waals surface area contributed by atoms with Gasteiger partial charge in [0, 0.05) is 25.8 Å². The van der Waals surface area contributed by atoms with Crippen LogP contribution in [0, 0.1) is 0 Å². The van der Waals surface area contributed by atoms with Gasteiger partial charge in [-0.2, -0.15) is 0 Å². The number of nitrogens with zero attached hydrogens (tertiary/aromatic N) is 2. The highest BCUT2D eigenvalue weighted by molar-refractivity contribution is 8.00. The fourth-order valence-corrected chi connectivity index (χ4v) is 2.86. The Morgan fingerprint density at radius 2 is 2.39 bits per heavy atom. The lowest BCUT2D eigenvalue weighted by atomic mass is 10.4. The lowest BCUT2D eigenvalue weighted by Crippen LogP contribution is -2.35. The Morgan fingerprint density at radius 3 is 3.22 bits per heavy atom. The third-order valence-corrected chi connectivity index (χ3v) is 4.16. The lowest BCUT2D eigenvalue weighted by Gasteiger charge is -2.19. The van der Waals surface area contributed by atoms with Crippen molar-refractivity contribution >= 4 is 29.3 Å². The zero-order chi connectivity index (χ0) is 12.8. The van der Waals surface area contributed by atoms with Gasteiger partial charge in [-0.25, -0.2) is 4.98 Å². The normalized spacial score (nSPS) is 16.4. The van der Waals surface area contributed by atoms with Crippen LogP contribution in [0.25, 0.3) is 0 Å². The minimum absolute atomic E-state index is 0.158. The third-order valence-electron chi connectivity index (χ3n) is 2.75. The summed E-state index contributed by atoms with van der Waals surface area (Å²) in [7, 11) is 0. The van der Waals surface area contributed by atoms with Gasteiger partial charge < -0.3 is 10.2 Å². The van der Waals surface area contributed by atoms with Gasteiger partial charge >= 0.3 is 0 Å². The Morgan fingerprint density at radius 1 is 1.50 bits per heavy atom. The maximum atomic E-state index is 12.0. The van der Waals surface area contributed by atoms with E-state index < -0.39 is 0 Å². The molecule has 1 fully saturated rings. The molecule has 0 saturated carbocycles. The van der Waals surface area contributed by atoms with Gasteiger partial charge in [0.05, 0.1) is 10.8 Å². The van der Waals surface area contributed by atoms with Crippen LogP contribution in [0.5, 0.6) is 0 Å². The second-order valence-electron chi connectivity index (χ2n) is 4.06. The Balaban J connectivity index is 1.86. The van der Waals surface area contributed by atoms with Crippen molar-refractivity contribution in [2.24, 2.45) is 0 Å². The van der Waals surface area contributed by atoms with E-state index in [9.17, 15) is 4.79 Å². The van der Waals surface area contributed by atoms with E-state index in [-0.39, 0.29) is 5.91 Å². The van der Waals surface area contributed by atoms with Crippen LogP contribution < -0.4 is 5.32 Å². The molecule has 0 aromatic carbocycles. The lowest BCUT2D eigenvalue weighted by molar-refractivity contribution is -0.128. The molecule has 1 aliphatic heterocycles. The molecule has 2 rings (SSSR count). The van der Waals surface area contributed by atoms with Gasteiger partial charge in [0.2, 0.25) is 5.91 Å². The highest BCUT2D eigenvalue weighted by Crippen LogP contribution is 2.24. The number of pyridine rings is 1. The summed E-state index contributed by atoms with van der Waals surface area (Å²) >= 11 is 7.40. The van der Waals surface area contributed by atoms with Gasteiger partial charge in [0.15, 0.2) is 0 Å². The van der Waals surface area contributed by atoms with E-state index in [0.717, 1.165) is 37.6 Å². The van der Waals surface area contributed by atoms with Gasteiger partial charge in [-0.1, -0.05) is 23.4 Å². The third kappa shape index (κ3) is 3.86. The second-order valence-corrected chi connectivity index (χ2v) is 5.43. The van der Waals surface area contributed by atoms with Crippen LogP contribution in [0.1, 0.15) is 6.42 Å². The predicted octanol–water partition coefficient (Wildman–Crippen LogP) is 1.65. The molecule has 1 aromatic rings. The summed E-state index contributed by atoms with van der Waals surface area (Å²) < 4.78 is 0. The van der Waals surface area contributed by atoms with Crippen molar-refractivity contribution in [1.29, 1.82) is 0 Å². The summed E-state index contributed by atoms with van der Waals surface area (Å²) in [4.78, 5) is 18.1. The standard InChI is InChI=1S/C12H16ClN3OS/c13-10-3-1-5-15-12(10)18-9-11(17)16-7-2-4-14-6-8-16/h1,3,5,14H,2,4,6-9H2. The van der Waals surface area contributed by atoms with E-state index in [1.165, 1.54) is 11.8 Å². The van der Waals surface area contributed by atoms with Crippen LogP contribution in [-0.4, -0.2) is 47.7 Å². The van der Waals surface area contributed by atoms with Gasteiger partial charge in [-0.3, -0.25) is 4.79 Å². The topological polar surface area (TPSA) is 45.2 Å². The Labute approximate surface area is 116 Å². The van der Waals surface area contributed by atoms with Gasteiger partial charge in [0.1, 0.15) is 5.03 Å². The summed E-state index contributed by atoms with van der Waals surface area (Å²) in [6.45, 7) is 3.49. The van der Waals surface area contributed by atoms with E-state index >= 15 is 0 Å². The minimum Gasteiger partial charge on any atom is -0.341 e. The molecule has 0 spiro atoms. The number of rotatable bonds is 3. The highest BCUT2D eigenvalue weighted by atomic mass is 35.5. The molecule has 0 radical (unpaired) electrons. The van der Waals surface area contributed by atoms with Gasteiger partial charge in [-0.05, 0) is 25.1 Å². The molecule has 1 saturated heterocycles. The average Bonchev–Trinajstić information content (AvgIpc) is 2.66. The molecule has 2 heterocycles. The number of aromatic nitrogens is 1. The zero-order valence-corrected chi connectivity index (χ0v) is 11.6. The molecule has 98 valence electrons. The Kier molecular flexibility index (Phi) is 5.28. The van der Waals surface area contributed by atoms with Crippen molar-refractivity contribution in [2.75, 3.05) is 31.9 Å². The van der Waals surface area contributed by atoms with Crippen molar-refractivity contribution in [3.8, 4) is 0 Å². The molecule has 0 unspecified atom stereocenters. The number of carbonyl (C=O) groups is 1. The summed E-state index contributed by atoms with van der Waals surface area (Å²) in [6, 6.07) is 3.58. The average molecular weight is 286 g/mol. The maximum absolute atomic E-state index is 12.0. The monoisotopic (exact) mass is 285 g/mol. The largest absolute Gasteiger partial charge is 0.341 e. The minimum atomic E-state index is 0.158. The summed E-state index contributed by atoms with van der Waals surface area (Å²) in [5.74, 6) is 0.557. The molecule has 6 heteroatoms. The molecule has 0 atom stereocenters. The number of thioether (sulfide) groups is 1. The molecule has 1 aliphatic rings. The molecule has 0 bridgehead atoms. The zero-order valence-electron chi connectivity index (χ0n) is 10.1. The molecular formula is C12H16ClN3OS. The summed E-state index contributed by atoms with van der Waals surface area (Å²) in [5, 5.41) is 4.61. The fourth-order valence-electron chi connectivity index (χ4n) is 1.79. The smallest absolute Gasteiger partial charge is 0.233 e. The van der Waals surface area contributed by atoms with Crippen LogP contribution >= 0.6 is 23.4 Å². The van der Waals surface area contributed by atoms with Crippen molar-refractivity contribution in [3.63, 3.8) is 0 Å². The van der Waals surface area contributed by atoms with E-state index in [1.54, 1.807) is 18.3 Å². The Hall–Kier alpha value is -0.780. The number of amides is 1. The van der Waals surface area contributed by atoms with Crippen molar-refractivity contribution < 1.29 is 4.79 Å². The maximum Gasteiger partial charge on any atom is 0.233 e. The van der Waals surface area contributed by atoms with Crippen LogP contribution in [0.4, 0.5) is 0 Å².